The van der Waals surface area contributed by atoms with Crippen molar-refractivity contribution >= 4 is 62.4 Å². The molecule has 7 aromatic rings. The van der Waals surface area contributed by atoms with Gasteiger partial charge in [-0.15, -0.1) is 0 Å². The van der Waals surface area contributed by atoms with Crippen molar-refractivity contribution in [3.63, 3.8) is 0 Å². The number of likely N-dealkylation sites (tertiary alicyclic amines) is 1. The first-order valence-corrected chi connectivity index (χ1v) is 19.9. The van der Waals surface area contributed by atoms with E-state index < -0.39 is 17.3 Å². The van der Waals surface area contributed by atoms with E-state index in [4.69, 9.17) is 47.9 Å². The van der Waals surface area contributed by atoms with E-state index in [0.29, 0.717) is 29.0 Å². The number of piperidine rings is 1. The van der Waals surface area contributed by atoms with E-state index in [1.807, 2.05) is 54.6 Å². The van der Waals surface area contributed by atoms with Crippen LogP contribution in [0.25, 0.3) is 27.6 Å². The van der Waals surface area contributed by atoms with Crippen LogP contribution >= 0.6 is 23.2 Å². The Morgan fingerprint density at radius 2 is 1.26 bits per heavy atom. The molecule has 3 heterocycles. The van der Waals surface area contributed by atoms with Crippen molar-refractivity contribution in [1.82, 2.24) is 4.90 Å². The lowest BCUT2D eigenvalue weighted by Gasteiger charge is -2.52. The monoisotopic (exact) mass is 785 g/mol. The lowest BCUT2D eigenvalue weighted by atomic mass is 9.67. The Morgan fingerprint density at radius 1 is 0.649 bits per heavy atom. The third-order valence-electron chi connectivity index (χ3n) is 11.7. The molecule has 0 N–H and O–H groups in total. The van der Waals surface area contributed by atoms with Crippen LogP contribution in [-0.2, 0) is 14.4 Å². The van der Waals surface area contributed by atoms with Crippen LogP contribution in [0, 0.1) is 0 Å². The third kappa shape index (κ3) is 5.98. The molecule has 0 radical (unpaired) electrons. The average molecular weight is 787 g/mol. The van der Waals surface area contributed by atoms with Crippen molar-refractivity contribution in [3.8, 4) is 0 Å². The van der Waals surface area contributed by atoms with Crippen molar-refractivity contribution in [1.29, 1.82) is 0 Å². The zero-order valence-electron chi connectivity index (χ0n) is 31.1. The Bertz CT molecular complexity index is 2720. The van der Waals surface area contributed by atoms with Crippen LogP contribution in [0.15, 0.2) is 180 Å². The Balaban J connectivity index is 1.25. The van der Waals surface area contributed by atoms with Crippen LogP contribution in [0.4, 0.5) is 0 Å². The first-order chi connectivity index (χ1) is 27.9. The number of oxime groups is 2. The molecular formula is C49H37Cl2N3O3. The quantitative estimate of drug-likeness (QED) is 0.168. The lowest BCUT2D eigenvalue weighted by molar-refractivity contribution is -0.279. The summed E-state index contributed by atoms with van der Waals surface area (Å²) in [6.45, 7) is 3.12. The highest BCUT2D eigenvalue weighted by molar-refractivity contribution is 6.31. The van der Waals surface area contributed by atoms with Gasteiger partial charge in [-0.25, -0.2) is 0 Å². The standard InChI is InChI=1S/C49H37Cl2N3O3/c1-32(33-11-3-2-4-12-33)54-30-39(29-38-17-9-15-34-13-5-7-18-42(34)38)49(55-47(53-57-49)37-23-27-41(51)28-24-37)48(31-54)45(44-20-10-16-35-14-6-8-19-43(35)44)46(52-56-48)36-21-25-40(50)26-22-36/h2-29,32,45H,30-31H2,1H3/b39-29+/t32-,45-,48-,49+/m1/s1. The summed E-state index contributed by atoms with van der Waals surface area (Å²) in [5.41, 5.74) is 5.12. The molecule has 57 heavy (non-hydrogen) atoms. The van der Waals surface area contributed by atoms with Crippen LogP contribution in [0.5, 0.6) is 0 Å². The molecule has 2 spiro atoms. The Labute approximate surface area is 341 Å². The smallest absolute Gasteiger partial charge is 0.346 e. The van der Waals surface area contributed by atoms with Gasteiger partial charge in [0.1, 0.15) is 0 Å². The summed E-state index contributed by atoms with van der Waals surface area (Å²) in [4.78, 5) is 16.5. The van der Waals surface area contributed by atoms with E-state index in [-0.39, 0.29) is 6.04 Å². The van der Waals surface area contributed by atoms with E-state index in [9.17, 15) is 0 Å². The van der Waals surface area contributed by atoms with Crippen LogP contribution < -0.4 is 0 Å². The van der Waals surface area contributed by atoms with Gasteiger partial charge in [0.05, 0.1) is 18.2 Å². The van der Waals surface area contributed by atoms with Gasteiger partial charge in [-0.2, -0.15) is 0 Å². The highest BCUT2D eigenvalue weighted by Crippen LogP contribution is 2.57. The molecule has 0 unspecified atom stereocenters. The molecule has 4 atom stereocenters. The lowest BCUT2D eigenvalue weighted by Crippen LogP contribution is -2.69. The molecule has 280 valence electrons. The third-order valence-corrected chi connectivity index (χ3v) is 12.2. The fourth-order valence-corrected chi connectivity index (χ4v) is 9.07. The fraction of sp³-hybridized carbons (Fsp3) is 0.143. The Hall–Kier alpha value is -5.92. The second kappa shape index (κ2) is 14.2. The zero-order chi connectivity index (χ0) is 38.6. The molecule has 6 nitrogen and oxygen atoms in total. The molecule has 10 rings (SSSR count). The van der Waals surface area contributed by atoms with Crippen LogP contribution in [0.1, 0.15) is 46.7 Å². The van der Waals surface area contributed by atoms with E-state index >= 15 is 0 Å². The molecule has 3 aliphatic rings. The van der Waals surface area contributed by atoms with Gasteiger partial charge in [0.15, 0.2) is 0 Å². The van der Waals surface area contributed by atoms with Crippen LogP contribution in [0.3, 0.4) is 0 Å². The van der Waals surface area contributed by atoms with Gasteiger partial charge in [-0.1, -0.05) is 156 Å². The molecule has 0 amide bonds. The molecule has 3 aliphatic heterocycles. The molecule has 8 heteroatoms. The first-order valence-electron chi connectivity index (χ1n) is 19.1. The minimum absolute atomic E-state index is 0.0225. The molecule has 0 bridgehead atoms. The maximum absolute atomic E-state index is 7.32. The van der Waals surface area contributed by atoms with Gasteiger partial charge in [-0.3, -0.25) is 4.90 Å². The van der Waals surface area contributed by atoms with Crippen LogP contribution in [-0.4, -0.2) is 41.0 Å². The zero-order valence-corrected chi connectivity index (χ0v) is 32.6. The summed E-state index contributed by atoms with van der Waals surface area (Å²) in [6.07, 6.45) is 2.21. The van der Waals surface area contributed by atoms with E-state index in [1.54, 1.807) is 0 Å². The normalized spacial score (nSPS) is 23.0. The largest absolute Gasteiger partial charge is 0.422 e. The van der Waals surface area contributed by atoms with E-state index in [0.717, 1.165) is 55.1 Å². The van der Waals surface area contributed by atoms with E-state index in [1.165, 1.54) is 5.56 Å². The van der Waals surface area contributed by atoms with Gasteiger partial charge in [0.2, 0.25) is 5.60 Å². The number of fused-ring (bicyclic) bond motifs is 3. The topological polar surface area (TPSA) is 55.7 Å². The fourth-order valence-electron chi connectivity index (χ4n) is 8.82. The van der Waals surface area contributed by atoms with Gasteiger partial charge in [-0.05, 0) is 92.8 Å². The summed E-state index contributed by atoms with van der Waals surface area (Å²) >= 11 is 12.8. The molecule has 0 aromatic heterocycles. The number of benzene rings is 7. The van der Waals surface area contributed by atoms with Crippen molar-refractivity contribution in [2.45, 2.75) is 30.3 Å². The first kappa shape index (κ1) is 35.5. The second-order valence-corrected chi connectivity index (χ2v) is 15.8. The molecule has 0 aliphatic carbocycles. The molecular weight excluding hydrogens is 749 g/mol. The number of rotatable bonds is 6. The van der Waals surface area contributed by atoms with Gasteiger partial charge < -0.3 is 14.4 Å². The predicted octanol–water partition coefficient (Wildman–Crippen LogP) is 11.8. The Kier molecular flexibility index (Phi) is 8.86. The number of hydrogen-bond donors (Lipinski definition) is 0. The molecule has 1 fully saturated rings. The summed E-state index contributed by atoms with van der Waals surface area (Å²) in [5, 5.41) is 15.5. The second-order valence-electron chi connectivity index (χ2n) is 14.9. The Morgan fingerprint density at radius 3 is 2.00 bits per heavy atom. The summed E-state index contributed by atoms with van der Waals surface area (Å²) < 4.78 is 7.32. The highest BCUT2D eigenvalue weighted by atomic mass is 35.5. The molecule has 7 aromatic carbocycles. The minimum Gasteiger partial charge on any atom is -0.422 e. The number of hydrogen-bond acceptors (Lipinski definition) is 6. The number of halogens is 2. The van der Waals surface area contributed by atoms with Gasteiger partial charge in [0.25, 0.3) is 5.90 Å². The van der Waals surface area contributed by atoms with E-state index in [2.05, 4.69) is 127 Å². The van der Waals surface area contributed by atoms with Crippen molar-refractivity contribution in [3.05, 3.63) is 207 Å². The summed E-state index contributed by atoms with van der Waals surface area (Å²) in [5.74, 6) is -1.75. The SMILES string of the molecule is C[C@H](c1ccccc1)N1C/C(=C\c2cccc3ccccc23)[C@]2(ON=C(c3ccc(Cl)cc3)O2)[C@]2(C1)ON=C(c1ccc(Cl)cc1)[C@H]2c1cccc2ccccc12. The van der Waals surface area contributed by atoms with Crippen molar-refractivity contribution < 1.29 is 14.4 Å². The molecule has 0 saturated carbocycles. The summed E-state index contributed by atoms with van der Waals surface area (Å²) in [6, 6.07) is 55.4. The number of ether oxygens (including phenoxy) is 1. The molecule has 1 saturated heterocycles. The number of nitrogens with zero attached hydrogens (tertiary/aromatic N) is 3. The summed E-state index contributed by atoms with van der Waals surface area (Å²) in [7, 11) is 0. The highest BCUT2D eigenvalue weighted by Gasteiger charge is 2.74. The van der Waals surface area contributed by atoms with Crippen molar-refractivity contribution in [2.24, 2.45) is 10.3 Å². The van der Waals surface area contributed by atoms with Crippen LogP contribution in [0.2, 0.25) is 10.0 Å². The van der Waals surface area contributed by atoms with Crippen molar-refractivity contribution in [2.75, 3.05) is 13.1 Å². The van der Waals surface area contributed by atoms with Gasteiger partial charge >= 0.3 is 5.79 Å². The predicted molar refractivity (Wildman–Crippen MR) is 230 cm³/mol. The minimum atomic E-state index is -1.58. The maximum Gasteiger partial charge on any atom is 0.346 e. The maximum atomic E-state index is 7.32. The van der Waals surface area contributed by atoms with Gasteiger partial charge in [0, 0.05) is 39.3 Å². The average Bonchev–Trinajstić information content (AvgIpc) is 3.87.